The average Bonchev–Trinajstić information content (AvgIpc) is 3.23. The number of nitrogens with zero attached hydrogens (tertiary/aromatic N) is 3. The van der Waals surface area contributed by atoms with Crippen LogP contribution in [0, 0.1) is 3.57 Å². The zero-order valence-corrected chi connectivity index (χ0v) is 23.4. The summed E-state index contributed by atoms with van der Waals surface area (Å²) < 4.78 is 3.02. The van der Waals surface area contributed by atoms with Crippen LogP contribution in [0.25, 0.3) is 6.08 Å². The quantitative estimate of drug-likeness (QED) is 0.171. The summed E-state index contributed by atoms with van der Waals surface area (Å²) >= 11 is 9.70. The van der Waals surface area contributed by atoms with Crippen LogP contribution in [0.4, 0.5) is 5.69 Å². The minimum Gasteiger partial charge on any atom is -0.345 e. The molecular formula is C25H27ClIN5O2S. The second-order valence-electron chi connectivity index (χ2n) is 7.94. The molecular weight excluding hydrogens is 597 g/mol. The van der Waals surface area contributed by atoms with Gasteiger partial charge in [0.2, 0.25) is 11.8 Å². The van der Waals surface area contributed by atoms with Crippen molar-refractivity contribution in [2.45, 2.75) is 44.9 Å². The normalized spacial score (nSPS) is 11.3. The van der Waals surface area contributed by atoms with Gasteiger partial charge in [-0.25, -0.2) is 0 Å². The molecule has 0 spiro atoms. The van der Waals surface area contributed by atoms with Crippen LogP contribution in [0.2, 0.25) is 5.02 Å². The third kappa shape index (κ3) is 7.81. The van der Waals surface area contributed by atoms with Gasteiger partial charge in [0.25, 0.3) is 0 Å². The van der Waals surface area contributed by atoms with Crippen LogP contribution in [0.3, 0.4) is 0 Å². The molecule has 0 saturated carbocycles. The molecule has 35 heavy (non-hydrogen) atoms. The molecule has 0 fully saturated rings. The van der Waals surface area contributed by atoms with E-state index < -0.39 is 0 Å². The summed E-state index contributed by atoms with van der Waals surface area (Å²) in [5, 5.41) is 15.4. The molecule has 0 saturated heterocycles. The van der Waals surface area contributed by atoms with Gasteiger partial charge in [0.1, 0.15) is 0 Å². The highest BCUT2D eigenvalue weighted by molar-refractivity contribution is 14.1. The second-order valence-corrected chi connectivity index (χ2v) is 10.5. The van der Waals surface area contributed by atoms with Gasteiger partial charge in [0.15, 0.2) is 11.0 Å². The van der Waals surface area contributed by atoms with Crippen molar-refractivity contribution in [2.24, 2.45) is 0 Å². The standard InChI is InChI=1S/C25H27ClIN5O2S/c1-4-32-22(14-28-23(33)12-9-17-7-5-6-8-20(17)26)30-31-25(32)35-15-24(34)29-21-11-10-18(27)13-19(21)16(2)3/h5-13,16H,4,14-15H2,1-3H3,(H,28,33)(H,29,34)/b12-9+. The molecule has 0 aliphatic heterocycles. The number of halogens is 2. The predicted octanol–water partition coefficient (Wildman–Crippen LogP) is 5.74. The number of thioether (sulfide) groups is 1. The lowest BCUT2D eigenvalue weighted by molar-refractivity contribution is -0.116. The summed E-state index contributed by atoms with van der Waals surface area (Å²) in [6.07, 6.45) is 3.10. The van der Waals surface area contributed by atoms with E-state index in [0.717, 1.165) is 20.4 Å². The molecule has 2 aromatic carbocycles. The van der Waals surface area contributed by atoms with Crippen LogP contribution in [0.15, 0.2) is 53.7 Å². The predicted molar refractivity (Wildman–Crippen MR) is 151 cm³/mol. The van der Waals surface area contributed by atoms with E-state index in [0.29, 0.717) is 28.5 Å². The summed E-state index contributed by atoms with van der Waals surface area (Å²) in [4.78, 5) is 24.8. The van der Waals surface area contributed by atoms with Gasteiger partial charge in [-0.1, -0.05) is 55.4 Å². The number of aromatic nitrogens is 3. The highest BCUT2D eigenvalue weighted by Gasteiger charge is 2.15. The van der Waals surface area contributed by atoms with Gasteiger partial charge in [-0.3, -0.25) is 9.59 Å². The molecule has 3 aromatic rings. The highest BCUT2D eigenvalue weighted by Crippen LogP contribution is 2.27. The van der Waals surface area contributed by atoms with Crippen molar-refractivity contribution in [1.82, 2.24) is 20.1 Å². The summed E-state index contributed by atoms with van der Waals surface area (Å²) in [5.74, 6) is 0.753. The van der Waals surface area contributed by atoms with Crippen LogP contribution in [0.5, 0.6) is 0 Å². The molecule has 1 heterocycles. The number of hydrogen-bond acceptors (Lipinski definition) is 5. The number of hydrogen-bond donors (Lipinski definition) is 2. The fraction of sp³-hybridized carbons (Fsp3) is 0.280. The first kappa shape index (κ1) is 27.2. The van der Waals surface area contributed by atoms with Crippen LogP contribution in [0.1, 0.15) is 43.6 Å². The lowest BCUT2D eigenvalue weighted by atomic mass is 10.0. The molecule has 7 nitrogen and oxygen atoms in total. The number of carbonyl (C=O) groups excluding carboxylic acids is 2. The maximum Gasteiger partial charge on any atom is 0.244 e. The summed E-state index contributed by atoms with van der Waals surface area (Å²) in [7, 11) is 0. The van der Waals surface area contributed by atoms with E-state index in [1.54, 1.807) is 12.1 Å². The van der Waals surface area contributed by atoms with Gasteiger partial charge in [0, 0.05) is 26.9 Å². The van der Waals surface area contributed by atoms with Crippen molar-refractivity contribution in [2.75, 3.05) is 11.1 Å². The monoisotopic (exact) mass is 623 g/mol. The summed E-state index contributed by atoms with van der Waals surface area (Å²) in [6.45, 7) is 7.02. The molecule has 3 rings (SSSR count). The Morgan fingerprint density at radius 1 is 1.20 bits per heavy atom. The number of amides is 2. The Hall–Kier alpha value is -2.37. The zero-order valence-electron chi connectivity index (χ0n) is 19.7. The molecule has 10 heteroatoms. The Morgan fingerprint density at radius 3 is 2.69 bits per heavy atom. The number of benzene rings is 2. The van der Waals surface area contributed by atoms with Gasteiger partial charge in [0.05, 0.1) is 12.3 Å². The van der Waals surface area contributed by atoms with Crippen molar-refractivity contribution >= 4 is 69.5 Å². The number of rotatable bonds is 10. The molecule has 0 unspecified atom stereocenters. The first-order valence-electron chi connectivity index (χ1n) is 11.1. The Labute approximate surface area is 228 Å². The molecule has 184 valence electrons. The second kappa shape index (κ2) is 13.1. The van der Waals surface area contributed by atoms with Crippen LogP contribution >= 0.6 is 46.0 Å². The van der Waals surface area contributed by atoms with E-state index in [1.807, 2.05) is 41.8 Å². The molecule has 0 bridgehead atoms. The molecule has 1 aromatic heterocycles. The van der Waals surface area contributed by atoms with Crippen molar-refractivity contribution in [3.05, 3.63) is 74.1 Å². The van der Waals surface area contributed by atoms with Gasteiger partial charge >= 0.3 is 0 Å². The minimum absolute atomic E-state index is 0.108. The van der Waals surface area contributed by atoms with Crippen molar-refractivity contribution in [3.8, 4) is 0 Å². The summed E-state index contributed by atoms with van der Waals surface area (Å²) in [6, 6.07) is 13.3. The maximum absolute atomic E-state index is 12.6. The largest absolute Gasteiger partial charge is 0.345 e. The molecule has 2 N–H and O–H groups in total. The Bertz CT molecular complexity index is 1230. The topological polar surface area (TPSA) is 88.9 Å². The number of carbonyl (C=O) groups is 2. The van der Waals surface area contributed by atoms with Crippen LogP contribution < -0.4 is 10.6 Å². The third-order valence-electron chi connectivity index (χ3n) is 5.09. The highest BCUT2D eigenvalue weighted by atomic mass is 127. The minimum atomic E-state index is -0.261. The van der Waals surface area contributed by atoms with E-state index in [4.69, 9.17) is 11.6 Å². The summed E-state index contributed by atoms with van der Waals surface area (Å²) in [5.41, 5.74) is 2.70. The molecule has 0 aliphatic rings. The maximum atomic E-state index is 12.6. The van der Waals surface area contributed by atoms with Crippen LogP contribution in [-0.2, 0) is 22.7 Å². The molecule has 0 atom stereocenters. The van der Waals surface area contributed by atoms with E-state index in [2.05, 4.69) is 63.3 Å². The zero-order chi connectivity index (χ0) is 25.4. The first-order chi connectivity index (χ1) is 16.8. The average molecular weight is 624 g/mol. The SMILES string of the molecule is CCn1c(CNC(=O)/C=C/c2ccccc2Cl)nnc1SCC(=O)Nc1ccc(I)cc1C(C)C. The molecule has 2 amide bonds. The van der Waals surface area contributed by atoms with Crippen molar-refractivity contribution < 1.29 is 9.59 Å². The van der Waals surface area contributed by atoms with E-state index in [9.17, 15) is 9.59 Å². The third-order valence-corrected chi connectivity index (χ3v) is 7.07. The molecule has 0 radical (unpaired) electrons. The Kier molecular flexibility index (Phi) is 10.2. The fourth-order valence-corrected chi connectivity index (χ4v) is 4.85. The lowest BCUT2D eigenvalue weighted by Crippen LogP contribution is -2.22. The van der Waals surface area contributed by atoms with Gasteiger partial charge in [-0.05, 0) is 76.9 Å². The number of anilines is 1. The van der Waals surface area contributed by atoms with E-state index in [-0.39, 0.29) is 24.1 Å². The number of nitrogens with one attached hydrogen (secondary N) is 2. The van der Waals surface area contributed by atoms with Gasteiger partial charge < -0.3 is 15.2 Å². The van der Waals surface area contributed by atoms with E-state index >= 15 is 0 Å². The van der Waals surface area contributed by atoms with Crippen molar-refractivity contribution in [1.29, 1.82) is 0 Å². The van der Waals surface area contributed by atoms with Gasteiger partial charge in [-0.15, -0.1) is 10.2 Å². The lowest BCUT2D eigenvalue weighted by Gasteiger charge is -2.14. The smallest absolute Gasteiger partial charge is 0.244 e. The Balaban J connectivity index is 1.56. The fourth-order valence-electron chi connectivity index (χ4n) is 3.32. The Morgan fingerprint density at radius 2 is 1.97 bits per heavy atom. The molecule has 0 aliphatic carbocycles. The van der Waals surface area contributed by atoms with Crippen LogP contribution in [-0.4, -0.2) is 32.3 Å². The van der Waals surface area contributed by atoms with E-state index in [1.165, 1.54) is 17.8 Å². The first-order valence-corrected chi connectivity index (χ1v) is 13.6. The van der Waals surface area contributed by atoms with Gasteiger partial charge in [-0.2, -0.15) is 0 Å². The van der Waals surface area contributed by atoms with Crippen molar-refractivity contribution in [3.63, 3.8) is 0 Å².